The van der Waals surface area contributed by atoms with Gasteiger partial charge in [0.15, 0.2) is 11.6 Å². The molecule has 20 heavy (non-hydrogen) atoms. The molecule has 0 amide bonds. The number of benzene rings is 1. The number of hydrogen-bond acceptors (Lipinski definition) is 0. The molecule has 0 bridgehead atoms. The molecule has 1 aromatic carbocycles. The number of allylic oxidation sites excluding steroid dienone is 1. The lowest BCUT2D eigenvalue weighted by molar-refractivity contribution is 0.117. The minimum atomic E-state index is -0.711. The predicted octanol–water partition coefficient (Wildman–Crippen LogP) is 5.45. The highest BCUT2D eigenvalue weighted by Crippen LogP contribution is 2.47. The molecule has 0 N–H and O–H groups in total. The van der Waals surface area contributed by atoms with Gasteiger partial charge in [0.2, 0.25) is 0 Å². The molecule has 2 fully saturated rings. The van der Waals surface area contributed by atoms with Gasteiger partial charge in [0.05, 0.1) is 0 Å². The van der Waals surface area contributed by atoms with E-state index in [0.717, 1.165) is 43.4 Å². The van der Waals surface area contributed by atoms with Crippen LogP contribution in [0.15, 0.2) is 30.9 Å². The molecule has 3 rings (SSSR count). The molecular formula is C18H22F2. The van der Waals surface area contributed by atoms with Crippen molar-refractivity contribution in [1.29, 1.82) is 0 Å². The van der Waals surface area contributed by atoms with Crippen molar-refractivity contribution in [2.45, 2.75) is 44.4 Å². The minimum absolute atomic E-state index is 0.206. The number of hydrogen-bond donors (Lipinski definition) is 0. The molecule has 0 heterocycles. The van der Waals surface area contributed by atoms with Crippen LogP contribution in [-0.2, 0) is 0 Å². The van der Waals surface area contributed by atoms with Crippen LogP contribution >= 0.6 is 0 Å². The summed E-state index contributed by atoms with van der Waals surface area (Å²) in [6.07, 6.45) is 8.97. The first kappa shape index (κ1) is 13.8. The number of rotatable bonds is 3. The maximum Gasteiger partial charge on any atom is 0.162 e. The highest BCUT2D eigenvalue weighted by atomic mass is 19.2. The molecule has 2 aliphatic carbocycles. The fourth-order valence-electron chi connectivity index (χ4n) is 4.02. The van der Waals surface area contributed by atoms with E-state index < -0.39 is 11.6 Å². The normalized spacial score (nSPS) is 33.5. The molecule has 0 aromatic heterocycles. The Bertz CT molecular complexity index is 480. The van der Waals surface area contributed by atoms with Crippen LogP contribution in [0, 0.1) is 29.4 Å². The SMILES string of the molecule is C=CC1CC(C2CCC(c3cccc(F)c3F)CC2)C1. The third-order valence-corrected chi connectivity index (χ3v) is 5.40. The number of halogens is 2. The molecule has 0 saturated heterocycles. The zero-order chi connectivity index (χ0) is 14.1. The third-order valence-electron chi connectivity index (χ3n) is 5.40. The molecule has 1 aromatic rings. The second kappa shape index (κ2) is 5.67. The Morgan fingerprint density at radius 3 is 2.35 bits per heavy atom. The predicted molar refractivity (Wildman–Crippen MR) is 77.5 cm³/mol. The summed E-state index contributed by atoms with van der Waals surface area (Å²) in [4.78, 5) is 0. The zero-order valence-electron chi connectivity index (χ0n) is 11.8. The van der Waals surface area contributed by atoms with E-state index in [0.29, 0.717) is 5.56 Å². The van der Waals surface area contributed by atoms with Crippen LogP contribution in [-0.4, -0.2) is 0 Å². The summed E-state index contributed by atoms with van der Waals surface area (Å²) in [5.74, 6) is 1.22. The van der Waals surface area contributed by atoms with Gasteiger partial charge in [-0.2, -0.15) is 0 Å². The topological polar surface area (TPSA) is 0 Å². The highest BCUT2D eigenvalue weighted by molar-refractivity contribution is 5.23. The Morgan fingerprint density at radius 2 is 1.70 bits per heavy atom. The van der Waals surface area contributed by atoms with Crippen LogP contribution in [0.25, 0.3) is 0 Å². The van der Waals surface area contributed by atoms with Gasteiger partial charge >= 0.3 is 0 Å². The molecule has 2 saturated carbocycles. The van der Waals surface area contributed by atoms with Gasteiger partial charge in [0.25, 0.3) is 0 Å². The first-order chi connectivity index (χ1) is 9.69. The summed E-state index contributed by atoms with van der Waals surface area (Å²) in [7, 11) is 0. The second-order valence-electron chi connectivity index (χ2n) is 6.48. The van der Waals surface area contributed by atoms with Crippen molar-refractivity contribution in [3.05, 3.63) is 48.1 Å². The molecule has 2 heteroatoms. The van der Waals surface area contributed by atoms with Gasteiger partial charge in [0, 0.05) is 0 Å². The largest absolute Gasteiger partial charge is 0.204 e. The van der Waals surface area contributed by atoms with Crippen molar-refractivity contribution >= 4 is 0 Å². The average molecular weight is 276 g/mol. The quantitative estimate of drug-likeness (QED) is 0.644. The van der Waals surface area contributed by atoms with Gasteiger partial charge in [-0.3, -0.25) is 0 Å². The van der Waals surface area contributed by atoms with Crippen LogP contribution in [0.3, 0.4) is 0 Å². The molecule has 0 nitrogen and oxygen atoms in total. The fraction of sp³-hybridized carbons (Fsp3) is 0.556. The highest BCUT2D eigenvalue weighted by Gasteiger charge is 2.36. The van der Waals surface area contributed by atoms with Crippen LogP contribution in [0.4, 0.5) is 8.78 Å². The van der Waals surface area contributed by atoms with Crippen molar-refractivity contribution in [3.63, 3.8) is 0 Å². The van der Waals surface area contributed by atoms with Crippen molar-refractivity contribution in [2.24, 2.45) is 17.8 Å². The Labute approximate surface area is 119 Å². The van der Waals surface area contributed by atoms with Crippen molar-refractivity contribution in [2.75, 3.05) is 0 Å². The molecule has 0 atom stereocenters. The lowest BCUT2D eigenvalue weighted by Crippen LogP contribution is -2.31. The van der Waals surface area contributed by atoms with Crippen LogP contribution in [0.5, 0.6) is 0 Å². The third kappa shape index (κ3) is 2.53. The van der Waals surface area contributed by atoms with Crippen LogP contribution < -0.4 is 0 Å². The van der Waals surface area contributed by atoms with Gasteiger partial charge in [-0.1, -0.05) is 18.2 Å². The van der Waals surface area contributed by atoms with Crippen molar-refractivity contribution in [1.82, 2.24) is 0 Å². The lowest BCUT2D eigenvalue weighted by atomic mass is 9.63. The first-order valence-electron chi connectivity index (χ1n) is 7.75. The summed E-state index contributed by atoms with van der Waals surface area (Å²) in [5, 5.41) is 0. The molecule has 2 aliphatic rings. The zero-order valence-corrected chi connectivity index (χ0v) is 11.8. The van der Waals surface area contributed by atoms with Crippen molar-refractivity contribution in [3.8, 4) is 0 Å². The maximum atomic E-state index is 13.8. The van der Waals surface area contributed by atoms with E-state index in [1.165, 1.54) is 18.9 Å². The summed E-state index contributed by atoms with van der Waals surface area (Å²) in [6, 6.07) is 4.58. The fourth-order valence-corrected chi connectivity index (χ4v) is 4.02. The smallest absolute Gasteiger partial charge is 0.162 e. The maximum absolute atomic E-state index is 13.8. The van der Waals surface area contributed by atoms with Crippen molar-refractivity contribution < 1.29 is 8.78 Å². The van der Waals surface area contributed by atoms with Gasteiger partial charge in [0.1, 0.15) is 0 Å². The lowest BCUT2D eigenvalue weighted by Gasteiger charge is -2.42. The Kier molecular flexibility index (Phi) is 3.91. The van der Waals surface area contributed by atoms with E-state index in [-0.39, 0.29) is 5.92 Å². The van der Waals surface area contributed by atoms with E-state index in [2.05, 4.69) is 12.7 Å². The summed E-state index contributed by atoms with van der Waals surface area (Å²) < 4.78 is 27.1. The van der Waals surface area contributed by atoms with Crippen LogP contribution in [0.2, 0.25) is 0 Å². The summed E-state index contributed by atoms with van der Waals surface area (Å²) in [6.45, 7) is 3.85. The Hall–Kier alpha value is -1.18. The van der Waals surface area contributed by atoms with E-state index in [1.54, 1.807) is 12.1 Å². The molecule has 0 aliphatic heterocycles. The van der Waals surface area contributed by atoms with Gasteiger partial charge < -0.3 is 0 Å². The molecule has 0 spiro atoms. The Morgan fingerprint density at radius 1 is 1.00 bits per heavy atom. The van der Waals surface area contributed by atoms with Gasteiger partial charge in [-0.15, -0.1) is 6.58 Å². The van der Waals surface area contributed by atoms with E-state index in [4.69, 9.17) is 0 Å². The monoisotopic (exact) mass is 276 g/mol. The Balaban J connectivity index is 1.59. The summed E-state index contributed by atoms with van der Waals surface area (Å²) in [5.41, 5.74) is 0.584. The molecule has 0 radical (unpaired) electrons. The average Bonchev–Trinajstić information content (AvgIpc) is 2.42. The van der Waals surface area contributed by atoms with E-state index >= 15 is 0 Å². The van der Waals surface area contributed by atoms with Gasteiger partial charge in [-0.25, -0.2) is 8.78 Å². The molecule has 0 unspecified atom stereocenters. The van der Waals surface area contributed by atoms with Crippen LogP contribution in [0.1, 0.15) is 50.0 Å². The van der Waals surface area contributed by atoms with E-state index in [1.807, 2.05) is 0 Å². The van der Waals surface area contributed by atoms with E-state index in [9.17, 15) is 8.78 Å². The summed E-state index contributed by atoms with van der Waals surface area (Å²) >= 11 is 0. The standard InChI is InChI=1S/C18H22F2/c1-2-12-10-15(11-12)13-6-8-14(9-7-13)16-4-3-5-17(19)18(16)20/h2-5,12-15H,1,6-11H2. The molecule has 108 valence electrons. The minimum Gasteiger partial charge on any atom is -0.204 e. The molecular weight excluding hydrogens is 254 g/mol. The second-order valence-corrected chi connectivity index (χ2v) is 6.48. The van der Waals surface area contributed by atoms with Gasteiger partial charge in [-0.05, 0) is 73.8 Å². The first-order valence-corrected chi connectivity index (χ1v) is 7.75.